The van der Waals surface area contributed by atoms with Gasteiger partial charge in [-0.15, -0.1) is 0 Å². The Morgan fingerprint density at radius 2 is 1.66 bits per heavy atom. The lowest BCUT2D eigenvalue weighted by atomic mass is 10.3. The molecule has 0 bridgehead atoms. The highest BCUT2D eigenvalue weighted by Crippen LogP contribution is 2.21. The molecule has 0 aliphatic rings. The summed E-state index contributed by atoms with van der Waals surface area (Å²) in [5, 5.41) is 7.76. The van der Waals surface area contributed by atoms with Crippen LogP contribution in [0.15, 0.2) is 84.3 Å². The summed E-state index contributed by atoms with van der Waals surface area (Å²) in [6, 6.07) is 16.3. The molecule has 0 aliphatic carbocycles. The fourth-order valence-electron chi connectivity index (χ4n) is 2.54. The van der Waals surface area contributed by atoms with Gasteiger partial charge in [0.05, 0.1) is 4.90 Å². The highest BCUT2D eigenvalue weighted by Gasteiger charge is 2.14. The van der Waals surface area contributed by atoms with Crippen molar-refractivity contribution in [3.05, 3.63) is 84.4 Å². The maximum atomic E-state index is 12.4. The second-order valence-corrected chi connectivity index (χ2v) is 8.09. The van der Waals surface area contributed by atoms with Crippen LogP contribution in [0.25, 0.3) is 5.82 Å². The highest BCUT2D eigenvalue weighted by molar-refractivity contribution is 7.92. The molecule has 0 aliphatic heterocycles. The summed E-state index contributed by atoms with van der Waals surface area (Å²) in [5.74, 6) is 1.21. The molecule has 2 aromatic heterocycles. The van der Waals surface area contributed by atoms with Crippen molar-refractivity contribution in [3.8, 4) is 5.82 Å². The van der Waals surface area contributed by atoms with Crippen LogP contribution in [0.1, 0.15) is 0 Å². The SMILES string of the molecule is O=S(=O)(Nc1ccc(Nc2cc(-n3cccn3)ncn2)cc1)c1ccc(Cl)cc1. The zero-order chi connectivity index (χ0) is 20.3. The Balaban J connectivity index is 1.47. The van der Waals surface area contributed by atoms with E-state index in [-0.39, 0.29) is 4.90 Å². The Morgan fingerprint density at radius 1 is 0.931 bits per heavy atom. The zero-order valence-corrected chi connectivity index (χ0v) is 16.5. The molecule has 2 N–H and O–H groups in total. The van der Waals surface area contributed by atoms with Gasteiger partial charge in [0.2, 0.25) is 0 Å². The van der Waals surface area contributed by atoms with Crippen molar-refractivity contribution in [2.45, 2.75) is 4.90 Å². The maximum absolute atomic E-state index is 12.4. The monoisotopic (exact) mass is 426 g/mol. The number of hydrogen-bond acceptors (Lipinski definition) is 6. The summed E-state index contributed by atoms with van der Waals surface area (Å²) < 4.78 is 29.1. The maximum Gasteiger partial charge on any atom is 0.261 e. The molecule has 0 saturated carbocycles. The van der Waals surface area contributed by atoms with Gasteiger partial charge in [-0.2, -0.15) is 5.10 Å². The summed E-state index contributed by atoms with van der Waals surface area (Å²) in [6.07, 6.45) is 4.89. The molecule has 2 aromatic carbocycles. The second kappa shape index (κ2) is 7.90. The first kappa shape index (κ1) is 18.9. The Morgan fingerprint density at radius 3 is 2.34 bits per heavy atom. The number of nitrogens with one attached hydrogen (secondary N) is 2. The number of hydrogen-bond donors (Lipinski definition) is 2. The predicted molar refractivity (Wildman–Crippen MR) is 111 cm³/mol. The van der Waals surface area contributed by atoms with Gasteiger partial charge in [0.15, 0.2) is 5.82 Å². The van der Waals surface area contributed by atoms with E-state index in [2.05, 4.69) is 25.1 Å². The average molecular weight is 427 g/mol. The van der Waals surface area contributed by atoms with Crippen LogP contribution < -0.4 is 10.0 Å². The van der Waals surface area contributed by atoms with Gasteiger partial charge >= 0.3 is 0 Å². The van der Waals surface area contributed by atoms with Gasteiger partial charge in [-0.1, -0.05) is 11.6 Å². The van der Waals surface area contributed by atoms with Crippen LogP contribution in [-0.4, -0.2) is 28.2 Å². The summed E-state index contributed by atoms with van der Waals surface area (Å²) in [6.45, 7) is 0. The van der Waals surface area contributed by atoms with E-state index >= 15 is 0 Å². The van der Waals surface area contributed by atoms with Crippen molar-refractivity contribution in [1.29, 1.82) is 0 Å². The molecule has 0 spiro atoms. The fraction of sp³-hybridized carbons (Fsp3) is 0. The third-order valence-corrected chi connectivity index (χ3v) is 5.57. The minimum absolute atomic E-state index is 0.135. The van der Waals surface area contributed by atoms with Crippen LogP contribution in [0.3, 0.4) is 0 Å². The number of anilines is 3. The molecular weight excluding hydrogens is 412 g/mol. The number of rotatable bonds is 6. The van der Waals surface area contributed by atoms with E-state index in [1.807, 2.05) is 0 Å². The van der Waals surface area contributed by atoms with E-state index in [9.17, 15) is 8.42 Å². The van der Waals surface area contributed by atoms with Crippen molar-refractivity contribution >= 4 is 38.8 Å². The van der Waals surface area contributed by atoms with Crippen molar-refractivity contribution in [1.82, 2.24) is 19.7 Å². The van der Waals surface area contributed by atoms with Crippen LogP contribution in [0.5, 0.6) is 0 Å². The van der Waals surface area contributed by atoms with Gasteiger partial charge in [-0.05, 0) is 54.6 Å². The summed E-state index contributed by atoms with van der Waals surface area (Å²) in [5.41, 5.74) is 1.18. The molecule has 8 nitrogen and oxygen atoms in total. The van der Waals surface area contributed by atoms with Crippen molar-refractivity contribution in [3.63, 3.8) is 0 Å². The van der Waals surface area contributed by atoms with Gasteiger partial charge in [-0.25, -0.2) is 23.1 Å². The molecule has 10 heteroatoms. The molecule has 4 aromatic rings. The Labute approximate surface area is 172 Å². The lowest BCUT2D eigenvalue weighted by Gasteiger charge is -2.10. The van der Waals surface area contributed by atoms with E-state index in [4.69, 9.17) is 11.6 Å². The third kappa shape index (κ3) is 4.53. The van der Waals surface area contributed by atoms with Crippen LogP contribution in [-0.2, 0) is 10.0 Å². The minimum Gasteiger partial charge on any atom is -0.340 e. The Bertz CT molecular complexity index is 1210. The first-order chi connectivity index (χ1) is 14.0. The van der Waals surface area contributed by atoms with Crippen molar-refractivity contribution in [2.75, 3.05) is 10.0 Å². The lowest BCUT2D eigenvalue weighted by molar-refractivity contribution is 0.601. The van der Waals surface area contributed by atoms with Gasteiger partial charge in [0.1, 0.15) is 12.1 Å². The van der Waals surface area contributed by atoms with E-state index < -0.39 is 10.0 Å². The molecular formula is C19H15ClN6O2S. The largest absolute Gasteiger partial charge is 0.340 e. The quantitative estimate of drug-likeness (QED) is 0.485. The molecule has 0 amide bonds. The first-order valence-electron chi connectivity index (χ1n) is 8.47. The normalized spacial score (nSPS) is 11.2. The fourth-order valence-corrected chi connectivity index (χ4v) is 3.73. The number of nitrogens with zero attached hydrogens (tertiary/aromatic N) is 4. The number of benzene rings is 2. The molecule has 4 rings (SSSR count). The summed E-state index contributed by atoms with van der Waals surface area (Å²) in [7, 11) is -3.69. The lowest BCUT2D eigenvalue weighted by Crippen LogP contribution is -2.12. The van der Waals surface area contributed by atoms with E-state index in [0.29, 0.717) is 22.3 Å². The van der Waals surface area contributed by atoms with Gasteiger partial charge < -0.3 is 5.32 Å². The first-order valence-corrected chi connectivity index (χ1v) is 10.3. The predicted octanol–water partition coefficient (Wildman–Crippen LogP) is 3.86. The van der Waals surface area contributed by atoms with Crippen LogP contribution in [0.4, 0.5) is 17.2 Å². The van der Waals surface area contributed by atoms with E-state index in [1.54, 1.807) is 53.5 Å². The van der Waals surface area contributed by atoms with Gasteiger partial charge in [0.25, 0.3) is 10.0 Å². The number of halogens is 1. The second-order valence-electron chi connectivity index (χ2n) is 5.97. The van der Waals surface area contributed by atoms with Crippen molar-refractivity contribution in [2.24, 2.45) is 0 Å². The molecule has 146 valence electrons. The van der Waals surface area contributed by atoms with Gasteiger partial charge in [0, 0.05) is 34.9 Å². The minimum atomic E-state index is -3.69. The van der Waals surface area contributed by atoms with Crippen molar-refractivity contribution < 1.29 is 8.42 Å². The molecule has 0 saturated heterocycles. The smallest absolute Gasteiger partial charge is 0.261 e. The Kier molecular flexibility index (Phi) is 5.15. The summed E-state index contributed by atoms with van der Waals surface area (Å²) >= 11 is 5.81. The number of sulfonamides is 1. The zero-order valence-electron chi connectivity index (χ0n) is 14.9. The standard InChI is InChI=1S/C19H15ClN6O2S/c20-14-2-8-17(9-3-14)29(27,28)25-16-6-4-15(5-7-16)24-18-12-19(22-13-21-18)26-11-1-10-23-26/h1-13,25H,(H,21,22,24). The average Bonchev–Trinajstić information content (AvgIpc) is 3.25. The van der Waals surface area contributed by atoms with E-state index in [1.165, 1.54) is 30.6 Å². The topological polar surface area (TPSA) is 102 Å². The molecule has 0 unspecified atom stereocenters. The van der Waals surface area contributed by atoms with Crippen LogP contribution in [0.2, 0.25) is 5.02 Å². The highest BCUT2D eigenvalue weighted by atomic mass is 35.5. The molecule has 29 heavy (non-hydrogen) atoms. The molecule has 0 radical (unpaired) electrons. The summed E-state index contributed by atoms with van der Waals surface area (Å²) in [4.78, 5) is 8.50. The van der Waals surface area contributed by atoms with E-state index in [0.717, 1.165) is 5.69 Å². The van der Waals surface area contributed by atoms with Gasteiger partial charge in [-0.3, -0.25) is 4.72 Å². The molecule has 0 atom stereocenters. The van der Waals surface area contributed by atoms with Crippen LogP contribution in [0, 0.1) is 0 Å². The molecule has 0 fully saturated rings. The third-order valence-electron chi connectivity index (χ3n) is 3.93. The number of aromatic nitrogens is 4. The molecule has 2 heterocycles. The van der Waals surface area contributed by atoms with Crippen LogP contribution >= 0.6 is 11.6 Å². The Hall–Kier alpha value is -3.43.